The van der Waals surface area contributed by atoms with Gasteiger partial charge in [-0.25, -0.2) is 0 Å². The van der Waals surface area contributed by atoms with Crippen molar-refractivity contribution < 1.29 is 4.79 Å². The summed E-state index contributed by atoms with van der Waals surface area (Å²) in [5.74, 6) is 1.67. The number of carbonyl (C=O) groups excluding carboxylic acids is 1. The molecule has 0 bridgehead atoms. The second kappa shape index (κ2) is 9.61. The van der Waals surface area contributed by atoms with Gasteiger partial charge < -0.3 is 4.90 Å². The molecule has 2 heterocycles. The summed E-state index contributed by atoms with van der Waals surface area (Å²) in [5.41, 5.74) is 1.37. The molecule has 2 aliphatic heterocycles. The van der Waals surface area contributed by atoms with Crippen LogP contribution in [-0.4, -0.2) is 51.8 Å². The molecule has 31 heavy (non-hydrogen) atoms. The summed E-state index contributed by atoms with van der Waals surface area (Å²) in [6, 6.07) is -0.190. The third-order valence-corrected chi connectivity index (χ3v) is 9.09. The maximum Gasteiger partial charge on any atom is 0.240 e. The van der Waals surface area contributed by atoms with Gasteiger partial charge in [-0.3, -0.25) is 15.1 Å². The SMILES string of the molecule is CC(C)[C@@H](NC1N=C2CCC=CC2S1)C(=O)N1CCC(C2C=CC(Cl)CC2)C(C)(C)C1. The lowest BCUT2D eigenvalue weighted by atomic mass is 9.65. The predicted molar refractivity (Wildman–Crippen MR) is 133 cm³/mol. The third-order valence-electron chi connectivity index (χ3n) is 7.50. The second-order valence-electron chi connectivity index (χ2n) is 10.7. The molecule has 0 aromatic carbocycles. The number of piperidine rings is 1. The van der Waals surface area contributed by atoms with Gasteiger partial charge in [-0.1, -0.05) is 52.0 Å². The number of nitrogens with one attached hydrogen (secondary N) is 1. The Hall–Kier alpha value is -0.780. The van der Waals surface area contributed by atoms with E-state index in [1.54, 1.807) is 0 Å². The highest BCUT2D eigenvalue weighted by atomic mass is 35.5. The molecular weight excluding hydrogens is 426 g/mol. The summed E-state index contributed by atoms with van der Waals surface area (Å²) in [6.45, 7) is 10.6. The number of hydrogen-bond donors (Lipinski definition) is 1. The normalized spacial score (nSPS) is 35.7. The smallest absolute Gasteiger partial charge is 0.240 e. The number of rotatable bonds is 5. The van der Waals surface area contributed by atoms with Crippen LogP contribution >= 0.6 is 23.4 Å². The van der Waals surface area contributed by atoms with Crippen molar-refractivity contribution in [1.82, 2.24) is 10.2 Å². The first kappa shape index (κ1) is 23.4. The molecule has 1 fully saturated rings. The van der Waals surface area contributed by atoms with Crippen molar-refractivity contribution in [1.29, 1.82) is 0 Å². The van der Waals surface area contributed by atoms with Crippen LogP contribution in [0, 0.1) is 23.2 Å². The van der Waals surface area contributed by atoms with E-state index in [1.165, 1.54) is 5.71 Å². The largest absolute Gasteiger partial charge is 0.341 e. The van der Waals surface area contributed by atoms with Gasteiger partial charge in [-0.2, -0.15) is 0 Å². The van der Waals surface area contributed by atoms with Gasteiger partial charge in [0.15, 0.2) is 0 Å². The average Bonchev–Trinajstić information content (AvgIpc) is 3.14. The number of likely N-dealkylation sites (tertiary alicyclic amines) is 1. The summed E-state index contributed by atoms with van der Waals surface area (Å²) < 4.78 is 0. The van der Waals surface area contributed by atoms with Gasteiger partial charge in [0, 0.05) is 18.8 Å². The van der Waals surface area contributed by atoms with E-state index in [1.807, 2.05) is 11.8 Å². The zero-order valence-electron chi connectivity index (χ0n) is 19.4. The van der Waals surface area contributed by atoms with Gasteiger partial charge >= 0.3 is 0 Å². The number of thioether (sulfide) groups is 1. The standard InChI is InChI=1S/C25H38ClN3OS/c1-16(2)22(28-24-27-20-7-5-6-8-21(20)31-24)23(30)29-14-13-19(25(3,4)15-29)17-9-11-18(26)12-10-17/h6,8-9,11,16-19,21-22,24,28H,5,7,10,12-15H2,1-4H3/t17?,18?,19?,21?,22-,24?/m1/s1. The highest BCUT2D eigenvalue weighted by Gasteiger charge is 2.43. The van der Waals surface area contributed by atoms with Gasteiger partial charge in [0.2, 0.25) is 5.91 Å². The number of hydrogen-bond acceptors (Lipinski definition) is 4. The van der Waals surface area contributed by atoms with Crippen LogP contribution in [0.2, 0.25) is 0 Å². The molecule has 5 unspecified atom stereocenters. The number of fused-ring (bicyclic) bond motifs is 1. The van der Waals surface area contributed by atoms with Gasteiger partial charge in [0.1, 0.15) is 5.50 Å². The summed E-state index contributed by atoms with van der Waals surface area (Å²) in [5, 5.41) is 4.18. The Morgan fingerprint density at radius 2 is 2.06 bits per heavy atom. The molecule has 6 atom stereocenters. The quantitative estimate of drug-likeness (QED) is 0.448. The molecular formula is C25H38ClN3OS. The van der Waals surface area contributed by atoms with Crippen LogP contribution in [0.3, 0.4) is 0 Å². The van der Waals surface area contributed by atoms with E-state index in [4.69, 9.17) is 16.6 Å². The molecule has 0 saturated carbocycles. The molecule has 0 aromatic rings. The van der Waals surface area contributed by atoms with Crippen molar-refractivity contribution >= 4 is 35.0 Å². The van der Waals surface area contributed by atoms with E-state index >= 15 is 0 Å². The molecule has 1 N–H and O–H groups in total. The molecule has 4 rings (SSSR count). The van der Waals surface area contributed by atoms with Gasteiger partial charge in [0.25, 0.3) is 0 Å². The van der Waals surface area contributed by atoms with Crippen molar-refractivity contribution in [2.24, 2.45) is 28.2 Å². The zero-order valence-corrected chi connectivity index (χ0v) is 21.0. The van der Waals surface area contributed by atoms with Crippen LogP contribution in [0.4, 0.5) is 0 Å². The van der Waals surface area contributed by atoms with E-state index in [0.29, 0.717) is 17.1 Å². The van der Waals surface area contributed by atoms with E-state index in [9.17, 15) is 4.79 Å². The number of carbonyl (C=O) groups is 1. The monoisotopic (exact) mass is 463 g/mol. The molecule has 6 heteroatoms. The van der Waals surface area contributed by atoms with Gasteiger partial charge in [-0.15, -0.1) is 23.4 Å². The van der Waals surface area contributed by atoms with Crippen LogP contribution in [0.5, 0.6) is 0 Å². The third kappa shape index (κ3) is 5.25. The number of amides is 1. The number of aliphatic imine (C=N–C) groups is 1. The molecule has 1 amide bonds. The van der Waals surface area contributed by atoms with Crippen molar-refractivity contribution in [3.8, 4) is 0 Å². The molecule has 4 nitrogen and oxygen atoms in total. The fourth-order valence-corrected chi connectivity index (χ4v) is 7.21. The Morgan fingerprint density at radius 1 is 1.26 bits per heavy atom. The Bertz CT molecular complexity index is 762. The van der Waals surface area contributed by atoms with Crippen LogP contribution in [-0.2, 0) is 4.79 Å². The lowest BCUT2D eigenvalue weighted by Crippen LogP contribution is -2.57. The van der Waals surface area contributed by atoms with E-state index in [2.05, 4.69) is 62.2 Å². The molecule has 0 radical (unpaired) electrons. The summed E-state index contributed by atoms with van der Waals surface area (Å²) in [4.78, 5) is 20.6. The Morgan fingerprint density at radius 3 is 2.71 bits per heavy atom. The minimum Gasteiger partial charge on any atom is -0.341 e. The van der Waals surface area contributed by atoms with E-state index < -0.39 is 0 Å². The Kier molecular flexibility index (Phi) is 7.24. The highest BCUT2D eigenvalue weighted by Crippen LogP contribution is 2.44. The number of alkyl halides is 1. The Labute approximate surface area is 197 Å². The Balaban J connectivity index is 1.40. The summed E-state index contributed by atoms with van der Waals surface area (Å²) in [6.07, 6.45) is 14.5. The first-order valence-electron chi connectivity index (χ1n) is 12.0. The maximum atomic E-state index is 13.6. The van der Waals surface area contributed by atoms with Crippen LogP contribution in [0.1, 0.15) is 59.8 Å². The van der Waals surface area contributed by atoms with E-state index in [0.717, 1.165) is 45.2 Å². The molecule has 2 aliphatic carbocycles. The maximum absolute atomic E-state index is 13.6. The summed E-state index contributed by atoms with van der Waals surface area (Å²) >= 11 is 8.10. The molecule has 0 aromatic heterocycles. The molecule has 1 saturated heterocycles. The van der Waals surface area contributed by atoms with E-state index in [-0.39, 0.29) is 34.2 Å². The molecule has 4 aliphatic rings. The van der Waals surface area contributed by atoms with Crippen molar-refractivity contribution in [3.63, 3.8) is 0 Å². The van der Waals surface area contributed by atoms with Crippen molar-refractivity contribution in [2.75, 3.05) is 13.1 Å². The lowest BCUT2D eigenvalue weighted by molar-refractivity contribution is -0.139. The predicted octanol–water partition coefficient (Wildman–Crippen LogP) is 5.24. The first-order chi connectivity index (χ1) is 14.7. The second-order valence-corrected chi connectivity index (χ2v) is 12.5. The first-order valence-corrected chi connectivity index (χ1v) is 13.4. The van der Waals surface area contributed by atoms with Crippen molar-refractivity contribution in [2.45, 2.75) is 82.0 Å². The van der Waals surface area contributed by atoms with Crippen LogP contribution < -0.4 is 5.32 Å². The van der Waals surface area contributed by atoms with Gasteiger partial charge in [0.05, 0.1) is 16.7 Å². The van der Waals surface area contributed by atoms with Crippen molar-refractivity contribution in [3.05, 3.63) is 24.3 Å². The molecule has 172 valence electrons. The minimum absolute atomic E-state index is 0.0134. The minimum atomic E-state index is -0.190. The topological polar surface area (TPSA) is 44.7 Å². The summed E-state index contributed by atoms with van der Waals surface area (Å²) in [7, 11) is 0. The number of halogens is 1. The lowest BCUT2D eigenvalue weighted by Gasteiger charge is -2.48. The fourth-order valence-electron chi connectivity index (χ4n) is 5.76. The van der Waals surface area contributed by atoms with Gasteiger partial charge in [-0.05, 0) is 55.3 Å². The number of nitrogens with zero attached hydrogens (tertiary/aromatic N) is 2. The number of allylic oxidation sites excluding steroid dienone is 3. The van der Waals surface area contributed by atoms with Crippen LogP contribution in [0.25, 0.3) is 0 Å². The highest BCUT2D eigenvalue weighted by molar-refractivity contribution is 8.01. The molecule has 0 spiro atoms. The fraction of sp³-hybridized carbons (Fsp3) is 0.760. The average molecular weight is 464 g/mol. The zero-order chi connectivity index (χ0) is 22.2. The van der Waals surface area contributed by atoms with Crippen LogP contribution in [0.15, 0.2) is 29.3 Å².